The molecule has 0 bridgehead atoms. The summed E-state index contributed by atoms with van der Waals surface area (Å²) in [6.45, 7) is 2.88. The molecule has 0 spiro atoms. The first-order chi connectivity index (χ1) is 7.66. The van der Waals surface area contributed by atoms with Crippen LogP contribution in [0.4, 0.5) is 5.69 Å². The molecule has 2 rings (SSSR count). The van der Waals surface area contributed by atoms with E-state index in [0.29, 0.717) is 5.92 Å². The fourth-order valence-corrected chi connectivity index (χ4v) is 1.84. The summed E-state index contributed by atoms with van der Waals surface area (Å²) in [4.78, 5) is 16.8. The number of carboxylic acids is 1. The molecule has 1 aliphatic carbocycles. The molecule has 0 aliphatic heterocycles. The molecule has 1 N–H and O–H groups in total. The van der Waals surface area contributed by atoms with E-state index in [0.717, 1.165) is 17.8 Å². The fourth-order valence-electron chi connectivity index (χ4n) is 1.84. The van der Waals surface area contributed by atoms with Crippen LogP contribution in [0.15, 0.2) is 18.5 Å². The maximum Gasteiger partial charge on any atom is 0.323 e. The topological polar surface area (TPSA) is 53.4 Å². The fraction of sp³-hybridized carbons (Fsp3) is 0.500. The molecule has 1 heterocycles. The minimum absolute atomic E-state index is 0.0708. The van der Waals surface area contributed by atoms with Crippen LogP contribution < -0.4 is 4.90 Å². The molecule has 4 heteroatoms. The molecule has 0 aromatic carbocycles. The van der Waals surface area contributed by atoms with Crippen molar-refractivity contribution in [1.29, 1.82) is 0 Å². The summed E-state index contributed by atoms with van der Waals surface area (Å²) in [6.07, 6.45) is 5.93. The molecule has 1 fully saturated rings. The molecule has 0 unspecified atom stereocenters. The van der Waals surface area contributed by atoms with Crippen LogP contribution in [0.1, 0.15) is 18.4 Å². The third-order valence-corrected chi connectivity index (χ3v) is 2.83. The smallest absolute Gasteiger partial charge is 0.323 e. The molecular formula is C12H16N2O2. The van der Waals surface area contributed by atoms with Gasteiger partial charge in [-0.1, -0.05) is 0 Å². The summed E-state index contributed by atoms with van der Waals surface area (Å²) in [7, 11) is 0. The van der Waals surface area contributed by atoms with Gasteiger partial charge in [-0.25, -0.2) is 0 Å². The Labute approximate surface area is 94.9 Å². The van der Waals surface area contributed by atoms with E-state index < -0.39 is 5.97 Å². The molecular weight excluding hydrogens is 204 g/mol. The van der Waals surface area contributed by atoms with Crippen molar-refractivity contribution in [3.63, 3.8) is 0 Å². The molecule has 16 heavy (non-hydrogen) atoms. The quantitative estimate of drug-likeness (QED) is 0.820. The number of aryl methyl sites for hydroxylation is 1. The lowest BCUT2D eigenvalue weighted by Crippen LogP contribution is -2.32. The van der Waals surface area contributed by atoms with Crippen molar-refractivity contribution in [3.8, 4) is 0 Å². The van der Waals surface area contributed by atoms with E-state index in [2.05, 4.69) is 4.98 Å². The van der Waals surface area contributed by atoms with Crippen molar-refractivity contribution in [2.45, 2.75) is 19.8 Å². The van der Waals surface area contributed by atoms with E-state index in [-0.39, 0.29) is 6.54 Å². The Bertz CT molecular complexity index is 388. The lowest BCUT2D eigenvalue weighted by atomic mass is 10.2. The normalized spacial score (nSPS) is 14.8. The van der Waals surface area contributed by atoms with Crippen LogP contribution in [0.3, 0.4) is 0 Å². The van der Waals surface area contributed by atoms with Crippen molar-refractivity contribution in [2.24, 2.45) is 5.92 Å². The zero-order valence-corrected chi connectivity index (χ0v) is 9.39. The average molecular weight is 220 g/mol. The molecule has 0 saturated heterocycles. The van der Waals surface area contributed by atoms with Gasteiger partial charge < -0.3 is 10.0 Å². The molecule has 0 radical (unpaired) electrons. The number of nitrogens with zero attached hydrogens (tertiary/aromatic N) is 2. The Kier molecular flexibility index (Phi) is 3.08. The lowest BCUT2D eigenvalue weighted by molar-refractivity contribution is -0.135. The Morgan fingerprint density at radius 3 is 2.94 bits per heavy atom. The second-order valence-electron chi connectivity index (χ2n) is 4.38. The van der Waals surface area contributed by atoms with E-state index in [4.69, 9.17) is 5.11 Å². The van der Waals surface area contributed by atoms with Gasteiger partial charge in [-0.3, -0.25) is 9.78 Å². The van der Waals surface area contributed by atoms with E-state index >= 15 is 0 Å². The van der Waals surface area contributed by atoms with Gasteiger partial charge in [-0.2, -0.15) is 0 Å². The number of carboxylic acid groups (broad SMARTS) is 1. The van der Waals surface area contributed by atoms with Crippen LogP contribution in [-0.4, -0.2) is 29.1 Å². The first-order valence-corrected chi connectivity index (χ1v) is 5.54. The predicted molar refractivity (Wildman–Crippen MR) is 61.5 cm³/mol. The van der Waals surface area contributed by atoms with Crippen molar-refractivity contribution >= 4 is 11.7 Å². The van der Waals surface area contributed by atoms with E-state index in [9.17, 15) is 4.79 Å². The summed E-state index contributed by atoms with van der Waals surface area (Å²) in [5.41, 5.74) is 2.02. The minimum Gasteiger partial charge on any atom is -0.480 e. The van der Waals surface area contributed by atoms with Crippen LogP contribution in [-0.2, 0) is 4.79 Å². The van der Waals surface area contributed by atoms with Crippen LogP contribution in [0.25, 0.3) is 0 Å². The van der Waals surface area contributed by atoms with Crippen molar-refractivity contribution in [3.05, 3.63) is 24.0 Å². The number of rotatable bonds is 5. The van der Waals surface area contributed by atoms with Gasteiger partial charge in [-0.15, -0.1) is 0 Å². The number of anilines is 1. The predicted octanol–water partition coefficient (Wildman–Crippen LogP) is 1.69. The van der Waals surface area contributed by atoms with Crippen molar-refractivity contribution in [1.82, 2.24) is 4.98 Å². The summed E-state index contributed by atoms with van der Waals surface area (Å²) in [5, 5.41) is 8.91. The molecule has 1 aromatic heterocycles. The summed E-state index contributed by atoms with van der Waals surface area (Å²) in [5.74, 6) is -0.108. The molecule has 1 saturated carbocycles. The zero-order chi connectivity index (χ0) is 11.5. The van der Waals surface area contributed by atoms with Crippen LogP contribution in [0, 0.1) is 12.8 Å². The van der Waals surface area contributed by atoms with Gasteiger partial charge in [-0.05, 0) is 37.3 Å². The summed E-state index contributed by atoms with van der Waals surface area (Å²) >= 11 is 0. The van der Waals surface area contributed by atoms with Crippen LogP contribution in [0.2, 0.25) is 0 Å². The number of carbonyl (C=O) groups is 1. The maximum absolute atomic E-state index is 10.8. The average Bonchev–Trinajstić information content (AvgIpc) is 3.01. The highest BCUT2D eigenvalue weighted by Gasteiger charge is 2.26. The Morgan fingerprint density at radius 1 is 1.62 bits per heavy atom. The first-order valence-electron chi connectivity index (χ1n) is 5.54. The maximum atomic E-state index is 10.8. The van der Waals surface area contributed by atoms with E-state index in [1.807, 2.05) is 17.9 Å². The van der Waals surface area contributed by atoms with Crippen molar-refractivity contribution in [2.75, 3.05) is 18.0 Å². The number of hydrogen-bond acceptors (Lipinski definition) is 3. The number of aromatic nitrogens is 1. The van der Waals surface area contributed by atoms with Gasteiger partial charge in [0.15, 0.2) is 0 Å². The van der Waals surface area contributed by atoms with E-state index in [1.54, 1.807) is 12.4 Å². The third kappa shape index (κ3) is 2.72. The van der Waals surface area contributed by atoms with Gasteiger partial charge in [0.05, 0.1) is 0 Å². The molecule has 1 aliphatic rings. The molecule has 86 valence electrons. The molecule has 0 atom stereocenters. The highest BCUT2D eigenvalue weighted by atomic mass is 16.4. The Morgan fingerprint density at radius 2 is 2.38 bits per heavy atom. The third-order valence-electron chi connectivity index (χ3n) is 2.83. The van der Waals surface area contributed by atoms with Gasteiger partial charge >= 0.3 is 5.97 Å². The van der Waals surface area contributed by atoms with Gasteiger partial charge in [0.25, 0.3) is 0 Å². The largest absolute Gasteiger partial charge is 0.480 e. The first kappa shape index (κ1) is 10.9. The monoisotopic (exact) mass is 220 g/mol. The second-order valence-corrected chi connectivity index (χ2v) is 4.38. The highest BCUT2D eigenvalue weighted by molar-refractivity contribution is 5.74. The van der Waals surface area contributed by atoms with Gasteiger partial charge in [0.2, 0.25) is 0 Å². The van der Waals surface area contributed by atoms with Crippen molar-refractivity contribution < 1.29 is 9.90 Å². The highest BCUT2D eigenvalue weighted by Crippen LogP contribution is 2.31. The van der Waals surface area contributed by atoms with Crippen LogP contribution >= 0.6 is 0 Å². The standard InChI is InChI=1S/C12H16N2O2/c1-9-6-13-5-4-11(9)14(8-12(15)16)7-10-2-3-10/h4-6,10H,2-3,7-8H2,1H3,(H,15,16). The Balaban J connectivity index is 2.15. The summed E-state index contributed by atoms with van der Waals surface area (Å²) < 4.78 is 0. The molecule has 4 nitrogen and oxygen atoms in total. The SMILES string of the molecule is Cc1cnccc1N(CC(=O)O)CC1CC1. The van der Waals surface area contributed by atoms with Gasteiger partial charge in [0, 0.05) is 24.6 Å². The number of aliphatic carboxylic acids is 1. The zero-order valence-electron chi connectivity index (χ0n) is 9.39. The van der Waals surface area contributed by atoms with E-state index in [1.165, 1.54) is 12.8 Å². The minimum atomic E-state index is -0.781. The lowest BCUT2D eigenvalue weighted by Gasteiger charge is -2.24. The number of hydrogen-bond donors (Lipinski definition) is 1. The number of pyridine rings is 1. The summed E-state index contributed by atoms with van der Waals surface area (Å²) in [6, 6.07) is 1.89. The Hall–Kier alpha value is -1.58. The molecule has 0 amide bonds. The van der Waals surface area contributed by atoms with Gasteiger partial charge in [0.1, 0.15) is 6.54 Å². The second kappa shape index (κ2) is 4.51. The van der Waals surface area contributed by atoms with Crippen LogP contribution in [0.5, 0.6) is 0 Å². The molecule has 1 aromatic rings.